The van der Waals surface area contributed by atoms with Crippen LogP contribution in [-0.4, -0.2) is 48.9 Å². The minimum absolute atomic E-state index is 0.714. The van der Waals surface area contributed by atoms with Crippen molar-refractivity contribution in [2.24, 2.45) is 4.99 Å². The van der Waals surface area contributed by atoms with Gasteiger partial charge in [0.15, 0.2) is 0 Å². The van der Waals surface area contributed by atoms with Gasteiger partial charge in [0.2, 0.25) is 0 Å². The van der Waals surface area contributed by atoms with Crippen molar-refractivity contribution in [3.63, 3.8) is 0 Å². The number of thiophene rings is 1. The summed E-state index contributed by atoms with van der Waals surface area (Å²) < 4.78 is 0. The maximum Gasteiger partial charge on any atom is 0.102 e. The van der Waals surface area contributed by atoms with Crippen molar-refractivity contribution in [3.05, 3.63) is 22.9 Å². The van der Waals surface area contributed by atoms with Gasteiger partial charge in [-0.1, -0.05) is 6.58 Å². The Balaban J connectivity index is 2.04. The Kier molecular flexibility index (Phi) is 5.00. The summed E-state index contributed by atoms with van der Waals surface area (Å²) in [5, 5.41) is 2.09. The van der Waals surface area contributed by atoms with E-state index in [1.54, 1.807) is 11.3 Å². The molecule has 2 heterocycles. The molecule has 0 radical (unpaired) electrons. The second-order valence-electron chi connectivity index (χ2n) is 5.76. The summed E-state index contributed by atoms with van der Waals surface area (Å²) in [4.78, 5) is 10.8. The Bertz CT molecular complexity index is 494. The van der Waals surface area contributed by atoms with E-state index in [2.05, 4.69) is 48.8 Å². The maximum absolute atomic E-state index is 4.81. The van der Waals surface area contributed by atoms with Crippen molar-refractivity contribution in [3.8, 4) is 0 Å². The van der Waals surface area contributed by atoms with Gasteiger partial charge in [-0.15, -0.1) is 11.3 Å². The van der Waals surface area contributed by atoms with E-state index in [1.807, 2.05) is 6.92 Å². The molecule has 1 aromatic heterocycles. The Labute approximate surface area is 126 Å². The number of nitrogens with zero attached hydrogens (tertiary/aromatic N) is 3. The number of amidine groups is 1. The van der Waals surface area contributed by atoms with Crippen LogP contribution in [0, 0.1) is 0 Å². The van der Waals surface area contributed by atoms with Crippen molar-refractivity contribution >= 4 is 28.4 Å². The lowest BCUT2D eigenvalue weighted by Gasteiger charge is -2.36. The van der Waals surface area contributed by atoms with Gasteiger partial charge in [0, 0.05) is 19.1 Å². The number of rotatable bonds is 3. The van der Waals surface area contributed by atoms with Gasteiger partial charge in [0.05, 0.1) is 10.6 Å². The van der Waals surface area contributed by atoms with Gasteiger partial charge in [0.25, 0.3) is 0 Å². The van der Waals surface area contributed by atoms with E-state index < -0.39 is 0 Å². The normalized spacial score (nSPS) is 17.9. The van der Waals surface area contributed by atoms with Crippen molar-refractivity contribution < 1.29 is 0 Å². The van der Waals surface area contributed by atoms with Gasteiger partial charge >= 0.3 is 0 Å². The molecule has 1 aliphatic heterocycles. The fraction of sp³-hybridized carbons (Fsp3) is 0.562. The first-order chi connectivity index (χ1) is 9.49. The molecule has 0 saturated carbocycles. The molecule has 0 aromatic carbocycles. The van der Waals surface area contributed by atoms with Crippen molar-refractivity contribution in [1.82, 2.24) is 9.80 Å². The van der Waals surface area contributed by atoms with Crippen LogP contribution in [0.25, 0.3) is 5.57 Å². The molecular formula is C16H25N3S. The highest BCUT2D eigenvalue weighted by Crippen LogP contribution is 2.31. The molecule has 1 aliphatic rings. The number of likely N-dealkylation sites (tertiary alicyclic amines) is 1. The largest absolute Gasteiger partial charge is 0.360 e. The minimum atomic E-state index is 0.714. The molecule has 0 aliphatic carbocycles. The molecule has 3 nitrogen and oxygen atoms in total. The van der Waals surface area contributed by atoms with E-state index in [0.717, 1.165) is 30.2 Å². The second-order valence-corrected chi connectivity index (χ2v) is 6.67. The van der Waals surface area contributed by atoms with E-state index in [4.69, 9.17) is 4.99 Å². The third-order valence-corrected chi connectivity index (χ3v) is 5.03. The van der Waals surface area contributed by atoms with Crippen molar-refractivity contribution in [1.29, 1.82) is 0 Å². The van der Waals surface area contributed by atoms with Crippen LogP contribution in [-0.2, 0) is 0 Å². The van der Waals surface area contributed by atoms with E-state index in [-0.39, 0.29) is 0 Å². The highest BCUT2D eigenvalue weighted by Gasteiger charge is 2.21. The summed E-state index contributed by atoms with van der Waals surface area (Å²) in [7, 11) is 4.34. The molecule has 0 amide bonds. The molecule has 20 heavy (non-hydrogen) atoms. The van der Waals surface area contributed by atoms with Crippen LogP contribution in [0.1, 0.15) is 31.6 Å². The van der Waals surface area contributed by atoms with Crippen LogP contribution in [0.2, 0.25) is 0 Å². The molecule has 0 bridgehead atoms. The van der Waals surface area contributed by atoms with E-state index in [9.17, 15) is 0 Å². The number of aliphatic imine (C=N–C) groups is 1. The lowest BCUT2D eigenvalue weighted by molar-refractivity contribution is 0.191. The zero-order chi connectivity index (χ0) is 14.7. The molecule has 0 atom stereocenters. The molecule has 1 aromatic rings. The van der Waals surface area contributed by atoms with Gasteiger partial charge < -0.3 is 9.80 Å². The summed E-state index contributed by atoms with van der Waals surface area (Å²) in [6.07, 6.45) is 2.44. The SMILES string of the molecule is C=C(C)c1sccc1/N=C(\C)N1CCC(N(C)C)CC1. The van der Waals surface area contributed by atoms with Gasteiger partial charge in [-0.05, 0) is 57.8 Å². The van der Waals surface area contributed by atoms with E-state index in [0.29, 0.717) is 6.04 Å². The molecule has 0 spiro atoms. The predicted molar refractivity (Wildman–Crippen MR) is 90.1 cm³/mol. The second kappa shape index (κ2) is 6.55. The van der Waals surface area contributed by atoms with Crippen LogP contribution in [0.15, 0.2) is 23.0 Å². The van der Waals surface area contributed by atoms with Gasteiger partial charge in [-0.2, -0.15) is 0 Å². The summed E-state index contributed by atoms with van der Waals surface area (Å²) in [6.45, 7) is 10.4. The first-order valence-electron chi connectivity index (χ1n) is 7.19. The van der Waals surface area contributed by atoms with Gasteiger partial charge in [0.1, 0.15) is 5.84 Å². The van der Waals surface area contributed by atoms with Crippen LogP contribution in [0.3, 0.4) is 0 Å². The molecule has 2 rings (SSSR count). The summed E-state index contributed by atoms with van der Waals surface area (Å²) in [6, 6.07) is 2.80. The Hall–Kier alpha value is -1.13. The third-order valence-electron chi connectivity index (χ3n) is 3.97. The van der Waals surface area contributed by atoms with Gasteiger partial charge in [-0.3, -0.25) is 0 Å². The Morgan fingerprint density at radius 3 is 2.55 bits per heavy atom. The fourth-order valence-corrected chi connectivity index (χ4v) is 3.43. The first kappa shape index (κ1) is 15.3. The molecule has 0 unspecified atom stereocenters. The maximum atomic E-state index is 4.81. The summed E-state index contributed by atoms with van der Waals surface area (Å²) in [5.74, 6) is 1.13. The molecule has 1 saturated heterocycles. The third kappa shape index (κ3) is 3.49. The van der Waals surface area contributed by atoms with Crippen molar-refractivity contribution in [2.75, 3.05) is 27.2 Å². The molecule has 1 fully saturated rings. The monoisotopic (exact) mass is 291 g/mol. The van der Waals surface area contributed by atoms with Crippen molar-refractivity contribution in [2.45, 2.75) is 32.7 Å². The van der Waals surface area contributed by atoms with Crippen LogP contribution < -0.4 is 0 Å². The minimum Gasteiger partial charge on any atom is -0.360 e. The number of allylic oxidation sites excluding steroid dienone is 1. The lowest BCUT2D eigenvalue weighted by atomic mass is 10.0. The highest BCUT2D eigenvalue weighted by molar-refractivity contribution is 7.11. The molecular weight excluding hydrogens is 266 g/mol. The summed E-state index contributed by atoms with van der Waals surface area (Å²) in [5.41, 5.74) is 2.16. The van der Waals surface area contributed by atoms with Crippen LogP contribution >= 0.6 is 11.3 Å². The molecule has 110 valence electrons. The first-order valence-corrected chi connectivity index (χ1v) is 8.07. The Morgan fingerprint density at radius 2 is 2.00 bits per heavy atom. The van der Waals surface area contributed by atoms with Crippen LogP contribution in [0.5, 0.6) is 0 Å². The smallest absolute Gasteiger partial charge is 0.102 e. The van der Waals surface area contributed by atoms with E-state index >= 15 is 0 Å². The quantitative estimate of drug-likeness (QED) is 0.622. The zero-order valence-electron chi connectivity index (χ0n) is 13.0. The highest BCUT2D eigenvalue weighted by atomic mass is 32.1. The molecule has 0 N–H and O–H groups in total. The molecule has 4 heteroatoms. The Morgan fingerprint density at radius 1 is 1.35 bits per heavy atom. The average Bonchev–Trinajstić information content (AvgIpc) is 2.87. The average molecular weight is 291 g/mol. The van der Waals surface area contributed by atoms with Crippen LogP contribution in [0.4, 0.5) is 5.69 Å². The summed E-state index contributed by atoms with van der Waals surface area (Å²) >= 11 is 1.72. The zero-order valence-corrected chi connectivity index (χ0v) is 13.8. The lowest BCUT2D eigenvalue weighted by Crippen LogP contribution is -2.43. The van der Waals surface area contributed by atoms with E-state index in [1.165, 1.54) is 17.7 Å². The van der Waals surface area contributed by atoms with Gasteiger partial charge in [-0.25, -0.2) is 4.99 Å². The topological polar surface area (TPSA) is 18.8 Å². The fourth-order valence-electron chi connectivity index (χ4n) is 2.66. The number of piperidine rings is 1. The predicted octanol–water partition coefficient (Wildman–Crippen LogP) is 3.86. The number of hydrogen-bond acceptors (Lipinski definition) is 3. The number of hydrogen-bond donors (Lipinski definition) is 0. The standard InChI is InChI=1S/C16H25N3S/c1-12(2)16-15(8-11-20-16)17-13(3)19-9-6-14(7-10-19)18(4)5/h8,11,14H,1,6-7,9-10H2,2-5H3/b17-13+.